The molecule has 0 saturated carbocycles. The predicted molar refractivity (Wildman–Crippen MR) is 310 cm³/mol. The Kier molecular flexibility index (Phi) is 21.5. The van der Waals surface area contributed by atoms with Gasteiger partial charge in [0.25, 0.3) is 0 Å². The van der Waals surface area contributed by atoms with Crippen LogP contribution in [0.3, 0.4) is 0 Å². The minimum atomic E-state index is -0.188. The zero-order valence-electron chi connectivity index (χ0n) is 43.4. The highest BCUT2D eigenvalue weighted by molar-refractivity contribution is 6.16. The third kappa shape index (κ3) is 14.5. The molecule has 7 aromatic carbocycles. The van der Waals surface area contributed by atoms with Crippen LogP contribution < -0.4 is 0 Å². The fourth-order valence-corrected chi connectivity index (χ4v) is 8.27. The molecule has 0 saturated heterocycles. The first-order valence-electron chi connectivity index (χ1n) is 25.1. The molecule has 0 spiro atoms. The van der Waals surface area contributed by atoms with E-state index >= 15 is 0 Å². The first-order chi connectivity index (χ1) is 34.1. The lowest BCUT2D eigenvalue weighted by Gasteiger charge is -2.13. The molecule has 0 aliphatic heterocycles. The van der Waals surface area contributed by atoms with E-state index in [0.717, 1.165) is 28.8 Å². The van der Waals surface area contributed by atoms with Crippen LogP contribution in [0.1, 0.15) is 108 Å². The lowest BCUT2D eigenvalue weighted by molar-refractivity contribution is 0.886. The van der Waals surface area contributed by atoms with Crippen molar-refractivity contribution in [2.24, 2.45) is 4.99 Å². The van der Waals surface area contributed by atoms with Crippen LogP contribution in [0.15, 0.2) is 218 Å². The van der Waals surface area contributed by atoms with E-state index in [1.165, 1.54) is 97.7 Å². The molecule has 0 amide bonds. The number of aliphatic imine (C=N–C) groups is 1. The zero-order valence-corrected chi connectivity index (χ0v) is 43.4. The van der Waals surface area contributed by atoms with Gasteiger partial charge in [-0.15, -0.1) is 5.92 Å². The van der Waals surface area contributed by atoms with E-state index in [1.807, 2.05) is 38.1 Å². The molecule has 0 fully saturated rings. The number of para-hydroxylation sites is 1. The van der Waals surface area contributed by atoms with E-state index in [-0.39, 0.29) is 6.04 Å². The van der Waals surface area contributed by atoms with Gasteiger partial charge in [-0.25, -0.2) is 0 Å². The molecule has 1 heterocycles. The Balaban J connectivity index is 0.000000209. The SMILES string of the molecule is C=C(C)c1cccc(-n2c3ccccc3c3c(-c4ccccc4C)c(C)ccc32)c1.C=C/C=C(\C=C/C)C(C)=NC(C#CCC)c1cccc(-c2ccccc2)c1.CCCC.CCCc1ccccc1. The molecule has 70 heavy (non-hydrogen) atoms. The van der Waals surface area contributed by atoms with Crippen LogP contribution in [-0.2, 0) is 6.42 Å². The number of allylic oxidation sites excluding steroid dienone is 6. The number of aromatic nitrogens is 1. The molecule has 0 aliphatic carbocycles. The Morgan fingerprint density at radius 1 is 0.657 bits per heavy atom. The Labute approximate surface area is 421 Å². The van der Waals surface area contributed by atoms with Crippen LogP contribution in [0, 0.1) is 25.7 Å². The number of hydrogen-bond donors (Lipinski definition) is 0. The first kappa shape index (κ1) is 53.5. The van der Waals surface area contributed by atoms with Gasteiger partial charge in [-0.2, -0.15) is 0 Å². The third-order valence-electron chi connectivity index (χ3n) is 12.0. The smallest absolute Gasteiger partial charge is 0.136 e. The minimum Gasteiger partial charge on any atom is -0.309 e. The number of hydrogen-bond acceptors (Lipinski definition) is 1. The molecule has 2 heteroatoms. The summed E-state index contributed by atoms with van der Waals surface area (Å²) in [5.74, 6) is 6.52. The average molecular weight is 919 g/mol. The van der Waals surface area contributed by atoms with Gasteiger partial charge in [-0.05, 0) is 127 Å². The second kappa shape index (κ2) is 28.1. The highest BCUT2D eigenvalue weighted by Crippen LogP contribution is 2.41. The van der Waals surface area contributed by atoms with Gasteiger partial charge < -0.3 is 4.57 Å². The normalized spacial score (nSPS) is 11.6. The number of nitrogens with zero attached hydrogens (tertiary/aromatic N) is 2. The molecule has 1 atom stereocenters. The summed E-state index contributed by atoms with van der Waals surface area (Å²) in [5.41, 5.74) is 18.0. The van der Waals surface area contributed by atoms with Crippen LogP contribution in [-0.4, -0.2) is 10.3 Å². The number of unbranched alkanes of at least 4 members (excludes halogenated alkanes) is 1. The molecule has 1 aromatic heterocycles. The molecule has 0 aliphatic rings. The lowest BCUT2D eigenvalue weighted by atomic mass is 9.92. The molecule has 1 unspecified atom stereocenters. The van der Waals surface area contributed by atoms with Crippen molar-refractivity contribution < 1.29 is 0 Å². The van der Waals surface area contributed by atoms with Gasteiger partial charge in [0.2, 0.25) is 0 Å². The molecule has 0 N–H and O–H groups in total. The van der Waals surface area contributed by atoms with Crippen molar-refractivity contribution in [3.8, 4) is 39.8 Å². The third-order valence-corrected chi connectivity index (χ3v) is 12.0. The molecule has 0 radical (unpaired) electrons. The van der Waals surface area contributed by atoms with E-state index in [1.54, 1.807) is 6.08 Å². The van der Waals surface area contributed by atoms with Crippen molar-refractivity contribution in [1.82, 2.24) is 4.57 Å². The zero-order chi connectivity index (χ0) is 50.3. The Morgan fingerprint density at radius 2 is 1.31 bits per heavy atom. The maximum atomic E-state index is 4.93. The highest BCUT2D eigenvalue weighted by Gasteiger charge is 2.19. The van der Waals surface area contributed by atoms with Crippen LogP contribution in [0.4, 0.5) is 0 Å². The predicted octanol–water partition coefficient (Wildman–Crippen LogP) is 19.5. The second-order valence-electron chi connectivity index (χ2n) is 17.5. The van der Waals surface area contributed by atoms with Crippen LogP contribution in [0.2, 0.25) is 0 Å². The number of fused-ring (bicyclic) bond motifs is 3. The maximum Gasteiger partial charge on any atom is 0.136 e. The summed E-state index contributed by atoms with van der Waals surface area (Å²) in [6.07, 6.45) is 13.7. The van der Waals surface area contributed by atoms with Gasteiger partial charge in [-0.1, -0.05) is 235 Å². The summed E-state index contributed by atoms with van der Waals surface area (Å²) in [5, 5.41) is 2.61. The molecule has 0 bridgehead atoms. The van der Waals surface area contributed by atoms with Crippen LogP contribution >= 0.6 is 0 Å². The Bertz CT molecular complexity index is 3090. The maximum absolute atomic E-state index is 4.93. The quantitative estimate of drug-likeness (QED) is 0.0660. The van der Waals surface area contributed by atoms with E-state index in [0.29, 0.717) is 0 Å². The monoisotopic (exact) mass is 919 g/mol. The summed E-state index contributed by atoms with van der Waals surface area (Å²) in [4.78, 5) is 4.93. The van der Waals surface area contributed by atoms with Gasteiger partial charge in [0.1, 0.15) is 6.04 Å². The number of rotatable bonds is 12. The molecule has 356 valence electrons. The van der Waals surface area contributed by atoms with E-state index in [4.69, 9.17) is 4.99 Å². The van der Waals surface area contributed by atoms with Gasteiger partial charge in [0.15, 0.2) is 0 Å². The second-order valence-corrected chi connectivity index (χ2v) is 17.5. The molecular weight excluding hydrogens is 845 g/mol. The number of aryl methyl sites for hydroxylation is 3. The van der Waals surface area contributed by atoms with Gasteiger partial charge in [0.05, 0.1) is 11.0 Å². The van der Waals surface area contributed by atoms with Crippen molar-refractivity contribution in [3.05, 3.63) is 241 Å². The molecule has 8 rings (SSSR count). The lowest BCUT2D eigenvalue weighted by Crippen LogP contribution is -2.01. The van der Waals surface area contributed by atoms with Gasteiger partial charge in [0, 0.05) is 28.6 Å². The molecular formula is C68H74N2. The fraction of sp³-hybridized carbons (Fsp3) is 0.221. The Morgan fingerprint density at radius 3 is 1.97 bits per heavy atom. The van der Waals surface area contributed by atoms with Crippen molar-refractivity contribution in [1.29, 1.82) is 0 Å². The first-order valence-corrected chi connectivity index (χ1v) is 25.1. The van der Waals surface area contributed by atoms with Crippen molar-refractivity contribution in [2.75, 3.05) is 0 Å². The standard InChI is InChI=1S/C29H25N.C26H27N.C9H12.C4H10/c1-19(2)22-11-9-12-23(18-22)30-26-15-8-7-14-25(26)29-27(30)17-16-21(4)28(29)24-13-6-5-10-20(24)3;1-5-8-19-26(27-21(4)22(13-6-2)14-7-3)25-18-12-17-24(20-25)23-15-10-9-11-16-23;1-2-6-9-7-4-3-5-8-9;1-3-4-2/h5-18H,1H2,2-4H3;6-7,9-18,20,26H,2,5H2,1,3-4H3;3-5,7-8H,2,6H2,1H3;3-4H2,1-2H3/b;14-7-,22-13+,27-21?;;. The van der Waals surface area contributed by atoms with Crippen LogP contribution in [0.5, 0.6) is 0 Å². The largest absolute Gasteiger partial charge is 0.309 e. The van der Waals surface area contributed by atoms with E-state index in [2.05, 4.69) is 242 Å². The number of benzene rings is 7. The topological polar surface area (TPSA) is 17.3 Å². The van der Waals surface area contributed by atoms with Crippen molar-refractivity contribution >= 4 is 33.1 Å². The minimum absolute atomic E-state index is 0.188. The van der Waals surface area contributed by atoms with Gasteiger partial charge >= 0.3 is 0 Å². The fourth-order valence-electron chi connectivity index (χ4n) is 8.27. The summed E-state index contributed by atoms with van der Waals surface area (Å²) < 4.78 is 2.39. The summed E-state index contributed by atoms with van der Waals surface area (Å²) in [6.45, 7) is 27.1. The van der Waals surface area contributed by atoms with Crippen molar-refractivity contribution in [2.45, 2.75) is 100 Å². The highest BCUT2D eigenvalue weighted by atomic mass is 15.0. The van der Waals surface area contributed by atoms with Crippen molar-refractivity contribution in [3.63, 3.8) is 0 Å². The average Bonchev–Trinajstić information content (AvgIpc) is 3.73. The van der Waals surface area contributed by atoms with Crippen LogP contribution in [0.25, 0.3) is 55.3 Å². The summed E-state index contributed by atoms with van der Waals surface area (Å²) >= 11 is 0. The molecule has 2 nitrogen and oxygen atoms in total. The van der Waals surface area contributed by atoms with Gasteiger partial charge in [-0.3, -0.25) is 4.99 Å². The van der Waals surface area contributed by atoms with E-state index < -0.39 is 0 Å². The molecule has 8 aromatic rings. The Hall–Kier alpha value is -7.47. The summed E-state index contributed by atoms with van der Waals surface area (Å²) in [7, 11) is 0. The summed E-state index contributed by atoms with van der Waals surface area (Å²) in [6, 6.07) is 59.9. The van der Waals surface area contributed by atoms with E-state index in [9.17, 15) is 0 Å².